The zero-order valence-electron chi connectivity index (χ0n) is 14.6. The van der Waals surface area contributed by atoms with Gasteiger partial charge < -0.3 is 9.80 Å². The highest BCUT2D eigenvalue weighted by Crippen LogP contribution is 2.22. The number of hydrogen-bond donors (Lipinski definition) is 0. The van der Waals surface area contributed by atoms with Crippen LogP contribution in [0.5, 0.6) is 0 Å². The van der Waals surface area contributed by atoms with Gasteiger partial charge in [0.15, 0.2) is 0 Å². The number of rotatable bonds is 4. The van der Waals surface area contributed by atoms with E-state index in [0.29, 0.717) is 24.2 Å². The van der Waals surface area contributed by atoms with Crippen LogP contribution in [0.4, 0.5) is 0 Å². The summed E-state index contributed by atoms with van der Waals surface area (Å²) < 4.78 is 0. The molecular weight excluding hydrogens is 260 g/mol. The molecule has 0 bridgehead atoms. The van der Waals surface area contributed by atoms with Gasteiger partial charge >= 0.3 is 0 Å². The molecule has 0 N–H and O–H groups in total. The van der Waals surface area contributed by atoms with Crippen molar-refractivity contribution in [1.82, 2.24) is 19.6 Å². The standard InChI is InChI=1S/C17H34N4/c1-7-15-11-19(4)13-17(21(15)6)9-8-16-12-18(3)10-14(2)20(16)5/h7,14-17H,1,8-13H2,2-6H3/t14-,15-,16+,17+/m0/s1. The fraction of sp³-hybridized carbons (Fsp3) is 0.882. The molecule has 2 fully saturated rings. The molecule has 0 radical (unpaired) electrons. The summed E-state index contributed by atoms with van der Waals surface area (Å²) in [4.78, 5) is 10.1. The zero-order valence-corrected chi connectivity index (χ0v) is 14.6. The van der Waals surface area contributed by atoms with E-state index in [-0.39, 0.29) is 0 Å². The number of likely N-dealkylation sites (N-methyl/N-ethyl adjacent to an activating group) is 4. The van der Waals surface area contributed by atoms with Crippen LogP contribution in [0.25, 0.3) is 0 Å². The second-order valence-corrected chi connectivity index (χ2v) is 7.31. The highest BCUT2D eigenvalue weighted by atomic mass is 15.3. The van der Waals surface area contributed by atoms with Crippen LogP contribution in [-0.4, -0.2) is 98.1 Å². The van der Waals surface area contributed by atoms with Gasteiger partial charge in [0.2, 0.25) is 0 Å². The maximum Gasteiger partial charge on any atom is 0.0403 e. The third kappa shape index (κ3) is 4.07. The predicted molar refractivity (Wildman–Crippen MR) is 90.8 cm³/mol. The Morgan fingerprint density at radius 3 is 1.95 bits per heavy atom. The van der Waals surface area contributed by atoms with Crippen molar-refractivity contribution in [1.29, 1.82) is 0 Å². The summed E-state index contributed by atoms with van der Waals surface area (Å²) in [6.07, 6.45) is 4.67. The molecule has 2 saturated heterocycles. The Hall–Kier alpha value is -0.420. The van der Waals surface area contributed by atoms with E-state index in [1.807, 2.05) is 0 Å². The average molecular weight is 294 g/mol. The van der Waals surface area contributed by atoms with Gasteiger partial charge in [-0.25, -0.2) is 0 Å². The summed E-state index contributed by atoms with van der Waals surface area (Å²) in [6, 6.07) is 2.52. The second-order valence-electron chi connectivity index (χ2n) is 7.31. The van der Waals surface area contributed by atoms with Crippen molar-refractivity contribution in [2.45, 2.75) is 43.9 Å². The quantitative estimate of drug-likeness (QED) is 0.722. The molecule has 2 aliphatic heterocycles. The van der Waals surface area contributed by atoms with Crippen molar-refractivity contribution in [3.05, 3.63) is 12.7 Å². The molecule has 4 heteroatoms. The van der Waals surface area contributed by atoms with E-state index in [0.717, 1.165) is 6.54 Å². The van der Waals surface area contributed by atoms with E-state index in [1.165, 1.54) is 32.5 Å². The third-order valence-electron chi connectivity index (χ3n) is 5.59. The van der Waals surface area contributed by atoms with Crippen molar-refractivity contribution >= 4 is 0 Å². The summed E-state index contributed by atoms with van der Waals surface area (Å²) in [5, 5.41) is 0. The maximum absolute atomic E-state index is 4.00. The lowest BCUT2D eigenvalue weighted by atomic mass is 9.97. The van der Waals surface area contributed by atoms with E-state index < -0.39 is 0 Å². The van der Waals surface area contributed by atoms with Crippen molar-refractivity contribution < 1.29 is 0 Å². The predicted octanol–water partition coefficient (Wildman–Crippen LogP) is 1.20. The van der Waals surface area contributed by atoms with Gasteiger partial charge in [-0.3, -0.25) is 9.80 Å². The van der Waals surface area contributed by atoms with Crippen molar-refractivity contribution in [2.24, 2.45) is 0 Å². The number of nitrogens with zero attached hydrogens (tertiary/aromatic N) is 4. The molecule has 0 saturated carbocycles. The van der Waals surface area contributed by atoms with Crippen LogP contribution in [0.2, 0.25) is 0 Å². The molecule has 4 nitrogen and oxygen atoms in total. The first-order valence-electron chi connectivity index (χ1n) is 8.35. The van der Waals surface area contributed by atoms with Crippen LogP contribution in [0.3, 0.4) is 0 Å². The topological polar surface area (TPSA) is 13.0 Å². The highest BCUT2D eigenvalue weighted by Gasteiger charge is 2.31. The average Bonchev–Trinajstić information content (AvgIpc) is 2.44. The Kier molecular flexibility index (Phi) is 5.83. The van der Waals surface area contributed by atoms with Gasteiger partial charge in [-0.15, -0.1) is 6.58 Å². The molecule has 2 aliphatic rings. The zero-order chi connectivity index (χ0) is 15.6. The smallest absolute Gasteiger partial charge is 0.0403 e. The Bertz CT molecular complexity index is 346. The van der Waals surface area contributed by atoms with E-state index in [9.17, 15) is 0 Å². The van der Waals surface area contributed by atoms with Crippen molar-refractivity contribution in [3.8, 4) is 0 Å². The first-order chi connectivity index (χ1) is 9.92. The Balaban J connectivity index is 1.90. The Labute approximate surface area is 131 Å². The molecule has 4 atom stereocenters. The molecule has 0 unspecified atom stereocenters. The monoisotopic (exact) mass is 294 g/mol. The van der Waals surface area contributed by atoms with Gasteiger partial charge in [0, 0.05) is 50.3 Å². The molecule has 0 aromatic carbocycles. The fourth-order valence-corrected chi connectivity index (χ4v) is 4.00. The highest BCUT2D eigenvalue weighted by molar-refractivity contribution is 4.96. The molecule has 0 aromatic heterocycles. The van der Waals surface area contributed by atoms with Crippen molar-refractivity contribution in [3.63, 3.8) is 0 Å². The van der Waals surface area contributed by atoms with Crippen LogP contribution in [0, 0.1) is 0 Å². The van der Waals surface area contributed by atoms with Crippen LogP contribution in [-0.2, 0) is 0 Å². The Morgan fingerprint density at radius 2 is 1.38 bits per heavy atom. The minimum absolute atomic E-state index is 0.499. The van der Waals surface area contributed by atoms with Gasteiger partial charge in [-0.2, -0.15) is 0 Å². The normalized spacial score (nSPS) is 37.8. The summed E-state index contributed by atoms with van der Waals surface area (Å²) in [5.74, 6) is 0. The lowest BCUT2D eigenvalue weighted by molar-refractivity contribution is 0.0401. The molecule has 0 aliphatic carbocycles. The van der Waals surface area contributed by atoms with Crippen LogP contribution < -0.4 is 0 Å². The first kappa shape index (κ1) is 16.9. The minimum Gasteiger partial charge on any atom is -0.303 e. The summed E-state index contributed by atoms with van der Waals surface area (Å²) >= 11 is 0. The molecule has 0 spiro atoms. The number of piperazine rings is 2. The molecule has 0 aromatic rings. The number of hydrogen-bond acceptors (Lipinski definition) is 4. The summed E-state index contributed by atoms with van der Waals surface area (Å²) in [5.41, 5.74) is 0. The lowest BCUT2D eigenvalue weighted by Gasteiger charge is -2.45. The Morgan fingerprint density at radius 1 is 0.857 bits per heavy atom. The van der Waals surface area contributed by atoms with Gasteiger partial charge in [0.05, 0.1) is 0 Å². The van der Waals surface area contributed by atoms with E-state index in [4.69, 9.17) is 0 Å². The second kappa shape index (κ2) is 7.23. The molecule has 122 valence electrons. The van der Waals surface area contributed by atoms with Gasteiger partial charge in [-0.05, 0) is 48.0 Å². The van der Waals surface area contributed by atoms with E-state index in [2.05, 4.69) is 67.4 Å². The van der Waals surface area contributed by atoms with E-state index >= 15 is 0 Å². The molecule has 21 heavy (non-hydrogen) atoms. The SMILES string of the molecule is C=C[C@H]1CN(C)C[C@@H](CC[C@@H]2CN(C)C[C@H](C)N2C)N1C. The van der Waals surface area contributed by atoms with E-state index in [1.54, 1.807) is 0 Å². The summed E-state index contributed by atoms with van der Waals surface area (Å²) in [6.45, 7) is 11.0. The molecule has 2 heterocycles. The van der Waals surface area contributed by atoms with Gasteiger partial charge in [0.1, 0.15) is 0 Å². The van der Waals surface area contributed by atoms with Gasteiger partial charge in [0.25, 0.3) is 0 Å². The minimum atomic E-state index is 0.499. The first-order valence-corrected chi connectivity index (χ1v) is 8.35. The van der Waals surface area contributed by atoms with Crippen molar-refractivity contribution in [2.75, 3.05) is 54.4 Å². The molecular formula is C17H34N4. The summed E-state index contributed by atoms with van der Waals surface area (Å²) in [7, 11) is 9.05. The maximum atomic E-state index is 4.00. The largest absolute Gasteiger partial charge is 0.303 e. The van der Waals surface area contributed by atoms with Crippen LogP contribution >= 0.6 is 0 Å². The fourth-order valence-electron chi connectivity index (χ4n) is 4.00. The third-order valence-corrected chi connectivity index (χ3v) is 5.59. The van der Waals surface area contributed by atoms with Gasteiger partial charge in [-0.1, -0.05) is 6.08 Å². The van der Waals surface area contributed by atoms with Crippen LogP contribution in [0.15, 0.2) is 12.7 Å². The van der Waals surface area contributed by atoms with Crippen LogP contribution in [0.1, 0.15) is 19.8 Å². The molecule has 0 amide bonds. The lowest BCUT2D eigenvalue weighted by Crippen LogP contribution is -2.57. The molecule has 2 rings (SSSR count).